The van der Waals surface area contributed by atoms with Gasteiger partial charge in [0.15, 0.2) is 0 Å². The maximum Gasteiger partial charge on any atom is 1.00 e. The predicted molar refractivity (Wildman–Crippen MR) is 97.6 cm³/mol. The molecule has 0 saturated heterocycles. The summed E-state index contributed by atoms with van der Waals surface area (Å²) in [7, 11) is -8.48. The van der Waals surface area contributed by atoms with Crippen LogP contribution in [0.1, 0.15) is 24.0 Å². The molecule has 0 unspecified atom stereocenters. The zero-order valence-corrected chi connectivity index (χ0v) is 21.8. The largest absolute Gasteiger partial charge is 1.00 e. The van der Waals surface area contributed by atoms with E-state index >= 15 is 0 Å². The van der Waals surface area contributed by atoms with E-state index in [1.54, 1.807) is 0 Å². The van der Waals surface area contributed by atoms with Gasteiger partial charge in [-0.2, -0.15) is 0 Å². The molecule has 0 heterocycles. The first-order valence-electron chi connectivity index (χ1n) is 8.19. The van der Waals surface area contributed by atoms with E-state index in [4.69, 9.17) is 0 Å². The Bertz CT molecular complexity index is 880. The maximum atomic E-state index is 10.8. The molecule has 0 atom stereocenters. The van der Waals surface area contributed by atoms with Gasteiger partial charge in [0.05, 0.1) is 20.2 Å². The summed E-state index contributed by atoms with van der Waals surface area (Å²) in [5, 5.41) is 0. The molecule has 0 saturated carbocycles. The summed E-state index contributed by atoms with van der Waals surface area (Å²) in [6.45, 7) is 0. The van der Waals surface area contributed by atoms with Gasteiger partial charge in [0.2, 0.25) is 0 Å². The third-order valence-electron chi connectivity index (χ3n) is 4.01. The van der Waals surface area contributed by atoms with Gasteiger partial charge in [-0.05, 0) is 47.9 Å². The molecule has 0 aliphatic rings. The number of benzene rings is 2. The molecule has 2 aromatic carbocycles. The first-order valence-corrected chi connectivity index (χ1v) is 11.3. The topological polar surface area (TPSA) is 114 Å². The van der Waals surface area contributed by atoms with Gasteiger partial charge in [-0.25, -0.2) is 16.8 Å². The number of aryl methyl sites for hydroxylation is 2. The smallest absolute Gasteiger partial charge is 0.748 e. The molecule has 0 spiro atoms. The van der Waals surface area contributed by atoms with Crippen LogP contribution in [0.2, 0.25) is 0 Å². The van der Waals surface area contributed by atoms with E-state index in [9.17, 15) is 25.9 Å². The summed E-state index contributed by atoms with van der Waals surface area (Å²) in [5.41, 5.74) is 3.66. The first-order chi connectivity index (χ1) is 12.2. The molecule has 0 amide bonds. The third kappa shape index (κ3) is 10.3. The van der Waals surface area contributed by atoms with E-state index < -0.39 is 31.7 Å². The van der Waals surface area contributed by atoms with Crippen LogP contribution in [0.4, 0.5) is 0 Å². The molecule has 0 aliphatic carbocycles. The molecular weight excluding hydrogens is 422 g/mol. The molecule has 142 valence electrons. The summed E-state index contributed by atoms with van der Waals surface area (Å²) in [5.74, 6) is -0.825. The van der Waals surface area contributed by atoms with Crippen molar-refractivity contribution in [2.24, 2.45) is 0 Å². The van der Waals surface area contributed by atoms with Crippen LogP contribution in [0.25, 0.3) is 11.1 Å². The van der Waals surface area contributed by atoms with Gasteiger partial charge in [-0.3, -0.25) is 0 Å². The third-order valence-corrected chi connectivity index (χ3v) is 5.58. The van der Waals surface area contributed by atoms with Gasteiger partial charge in [0, 0.05) is 11.5 Å². The molecular formula is C18H20Na2O6S2. The van der Waals surface area contributed by atoms with Gasteiger partial charge in [0.25, 0.3) is 0 Å². The average Bonchev–Trinajstić information content (AvgIpc) is 2.54. The fraction of sp³-hybridized carbons (Fsp3) is 0.333. The maximum absolute atomic E-state index is 10.8. The SMILES string of the molecule is O=S(=O)([O-])CCCc1ccccc1-c1ccccc1CCCS(=O)(=O)[O-].[Na+].[Na+]. The minimum atomic E-state index is -4.24. The Labute approximate surface area is 211 Å². The molecule has 2 rings (SSSR count). The second kappa shape index (κ2) is 12.8. The van der Waals surface area contributed by atoms with E-state index in [0.29, 0.717) is 12.8 Å². The molecule has 6 nitrogen and oxygen atoms in total. The minimum Gasteiger partial charge on any atom is -0.748 e. The molecule has 0 fully saturated rings. The number of hydrogen-bond donors (Lipinski definition) is 0. The van der Waals surface area contributed by atoms with Crippen LogP contribution in [0, 0.1) is 0 Å². The van der Waals surface area contributed by atoms with Gasteiger partial charge < -0.3 is 9.11 Å². The Kier molecular flexibility index (Phi) is 13.0. The monoisotopic (exact) mass is 442 g/mol. The van der Waals surface area contributed by atoms with E-state index in [0.717, 1.165) is 22.3 Å². The standard InChI is InChI=1S/C18H22O6S2.2Na/c19-25(20,21)13-5-9-15-7-1-3-11-17(15)18-12-4-2-8-16(18)10-6-14-26(22,23)24;;/h1-4,7-8,11-12H,5-6,9-10,13-14H2,(H,19,20,21)(H,22,23,24);;/q;2*+1/p-2. The Morgan fingerprint density at radius 3 is 1.25 bits per heavy atom. The van der Waals surface area contributed by atoms with E-state index in [2.05, 4.69) is 0 Å². The summed E-state index contributed by atoms with van der Waals surface area (Å²) < 4.78 is 64.8. The van der Waals surface area contributed by atoms with Crippen LogP contribution >= 0.6 is 0 Å². The zero-order valence-electron chi connectivity index (χ0n) is 16.1. The van der Waals surface area contributed by atoms with Crippen molar-refractivity contribution >= 4 is 20.2 Å². The molecule has 28 heavy (non-hydrogen) atoms. The molecule has 0 radical (unpaired) electrons. The molecule has 0 aliphatic heterocycles. The van der Waals surface area contributed by atoms with Crippen LogP contribution in [0.15, 0.2) is 48.5 Å². The van der Waals surface area contributed by atoms with Crippen LogP contribution in [0.3, 0.4) is 0 Å². The van der Waals surface area contributed by atoms with Crippen molar-refractivity contribution in [1.29, 1.82) is 0 Å². The normalized spacial score (nSPS) is 11.4. The van der Waals surface area contributed by atoms with Gasteiger partial charge in [-0.1, -0.05) is 48.5 Å². The number of rotatable bonds is 9. The quantitative estimate of drug-likeness (QED) is 0.292. The van der Waals surface area contributed by atoms with Crippen molar-refractivity contribution in [3.8, 4) is 11.1 Å². The van der Waals surface area contributed by atoms with Crippen LogP contribution in [0.5, 0.6) is 0 Å². The summed E-state index contributed by atoms with van der Waals surface area (Å²) in [6.07, 6.45) is 1.36. The van der Waals surface area contributed by atoms with Crippen LogP contribution in [-0.2, 0) is 33.1 Å². The summed E-state index contributed by atoms with van der Waals surface area (Å²) in [4.78, 5) is 0. The molecule has 10 heteroatoms. The fourth-order valence-electron chi connectivity index (χ4n) is 2.88. The van der Waals surface area contributed by atoms with Crippen molar-refractivity contribution in [2.75, 3.05) is 11.5 Å². The first kappa shape index (κ1) is 28.3. The Balaban J connectivity index is 0.00000364. The molecule has 0 aromatic heterocycles. The number of hydrogen-bond acceptors (Lipinski definition) is 6. The molecule has 2 aromatic rings. The van der Waals surface area contributed by atoms with Gasteiger partial charge >= 0.3 is 59.1 Å². The Morgan fingerprint density at radius 2 is 0.929 bits per heavy atom. The van der Waals surface area contributed by atoms with E-state index in [1.165, 1.54) is 0 Å². The van der Waals surface area contributed by atoms with E-state index in [1.807, 2.05) is 48.5 Å². The van der Waals surface area contributed by atoms with Crippen molar-refractivity contribution < 1.29 is 85.1 Å². The zero-order chi connectivity index (χ0) is 19.2. The summed E-state index contributed by atoms with van der Waals surface area (Å²) in [6, 6.07) is 15.0. The second-order valence-corrected chi connectivity index (χ2v) is 9.09. The molecule has 0 N–H and O–H groups in total. The van der Waals surface area contributed by atoms with Crippen molar-refractivity contribution in [3.05, 3.63) is 59.7 Å². The average molecular weight is 442 g/mol. The van der Waals surface area contributed by atoms with Crippen LogP contribution in [-0.4, -0.2) is 37.4 Å². The Hall–Kier alpha value is 0.260. The summed E-state index contributed by atoms with van der Waals surface area (Å²) >= 11 is 0. The van der Waals surface area contributed by atoms with Crippen molar-refractivity contribution in [2.45, 2.75) is 25.7 Å². The van der Waals surface area contributed by atoms with E-state index in [-0.39, 0.29) is 72.0 Å². The van der Waals surface area contributed by atoms with Crippen molar-refractivity contribution in [1.82, 2.24) is 0 Å². The second-order valence-electron chi connectivity index (χ2n) is 6.05. The molecule has 0 bridgehead atoms. The predicted octanol–water partition coefficient (Wildman–Crippen LogP) is -3.68. The van der Waals surface area contributed by atoms with Crippen LogP contribution < -0.4 is 59.1 Å². The van der Waals surface area contributed by atoms with Crippen molar-refractivity contribution in [3.63, 3.8) is 0 Å². The minimum absolute atomic E-state index is 0. The fourth-order valence-corrected chi connectivity index (χ4v) is 3.88. The van der Waals surface area contributed by atoms with Gasteiger partial charge in [-0.15, -0.1) is 0 Å². The Morgan fingerprint density at radius 1 is 0.607 bits per heavy atom. The van der Waals surface area contributed by atoms with Gasteiger partial charge in [0.1, 0.15) is 0 Å².